The quantitative estimate of drug-likeness (QED) is 0.822. The van der Waals surface area contributed by atoms with Crippen molar-refractivity contribution in [3.8, 4) is 11.3 Å². The zero-order valence-corrected chi connectivity index (χ0v) is 14.0. The van der Waals surface area contributed by atoms with E-state index in [9.17, 15) is 0 Å². The number of aliphatic imine (C=N–C) groups is 1. The molecule has 23 heavy (non-hydrogen) atoms. The number of aromatic nitrogens is 2. The predicted octanol–water partition coefficient (Wildman–Crippen LogP) is 3.87. The second-order valence-electron chi connectivity index (χ2n) is 5.61. The maximum Gasteiger partial charge on any atom is 0.178 e. The van der Waals surface area contributed by atoms with E-state index in [2.05, 4.69) is 46.3 Å². The van der Waals surface area contributed by atoms with Crippen LogP contribution in [-0.2, 0) is 0 Å². The summed E-state index contributed by atoms with van der Waals surface area (Å²) in [6, 6.07) is 8.22. The van der Waals surface area contributed by atoms with E-state index in [-0.39, 0.29) is 0 Å². The Hall–Kier alpha value is -2.69. The fraction of sp³-hybridized carbons (Fsp3) is 0.278. The Morgan fingerprint density at radius 3 is 2.70 bits per heavy atom. The minimum Gasteiger partial charge on any atom is -0.402 e. The fourth-order valence-corrected chi connectivity index (χ4v) is 2.22. The van der Waals surface area contributed by atoms with Crippen LogP contribution in [0.4, 0.5) is 11.6 Å². The van der Waals surface area contributed by atoms with Gasteiger partial charge in [0.05, 0.1) is 6.20 Å². The zero-order valence-electron chi connectivity index (χ0n) is 14.0. The van der Waals surface area contributed by atoms with E-state index < -0.39 is 0 Å². The topological polar surface area (TPSA) is 76.2 Å². The van der Waals surface area contributed by atoms with E-state index in [4.69, 9.17) is 5.73 Å². The largest absolute Gasteiger partial charge is 0.402 e. The van der Waals surface area contributed by atoms with Gasteiger partial charge in [0.2, 0.25) is 0 Å². The van der Waals surface area contributed by atoms with Gasteiger partial charge in [-0.2, -0.15) is 0 Å². The Bertz CT molecular complexity index is 728. The number of benzene rings is 1. The van der Waals surface area contributed by atoms with Crippen molar-refractivity contribution in [1.82, 2.24) is 9.97 Å². The molecule has 0 atom stereocenters. The number of nitrogens with two attached hydrogens (primary N) is 1. The highest BCUT2D eigenvalue weighted by Crippen LogP contribution is 2.33. The van der Waals surface area contributed by atoms with E-state index >= 15 is 0 Å². The Morgan fingerprint density at radius 2 is 2.04 bits per heavy atom. The van der Waals surface area contributed by atoms with Gasteiger partial charge in [0.1, 0.15) is 11.5 Å². The van der Waals surface area contributed by atoms with Crippen LogP contribution in [0.2, 0.25) is 0 Å². The lowest BCUT2D eigenvalue weighted by Gasteiger charge is -2.14. The number of nitrogens with one attached hydrogen (secondary N) is 1. The Kier molecular flexibility index (Phi) is 5.46. The number of hydrogen-bond acceptors (Lipinski definition) is 5. The third-order valence-electron chi connectivity index (χ3n) is 3.38. The van der Waals surface area contributed by atoms with Gasteiger partial charge in [0.15, 0.2) is 5.82 Å². The first-order valence-corrected chi connectivity index (χ1v) is 7.63. The van der Waals surface area contributed by atoms with Crippen LogP contribution in [0.3, 0.4) is 0 Å². The van der Waals surface area contributed by atoms with Crippen molar-refractivity contribution in [1.29, 1.82) is 0 Å². The average Bonchev–Trinajstić information content (AvgIpc) is 2.54. The molecule has 0 radical (unpaired) electrons. The molecule has 0 saturated heterocycles. The number of anilines is 1. The second-order valence-corrected chi connectivity index (χ2v) is 5.61. The van der Waals surface area contributed by atoms with E-state index in [1.165, 1.54) is 5.56 Å². The lowest BCUT2D eigenvalue weighted by atomic mass is 9.95. The molecule has 3 N–H and O–H groups in total. The van der Waals surface area contributed by atoms with Gasteiger partial charge in [0.25, 0.3) is 0 Å². The monoisotopic (exact) mass is 309 g/mol. The van der Waals surface area contributed by atoms with Crippen molar-refractivity contribution in [3.05, 3.63) is 47.8 Å². The molecule has 0 aliphatic rings. The summed E-state index contributed by atoms with van der Waals surface area (Å²) < 4.78 is 0. The summed E-state index contributed by atoms with van der Waals surface area (Å²) in [5.41, 5.74) is 9.36. The van der Waals surface area contributed by atoms with Crippen LogP contribution in [0.25, 0.3) is 11.3 Å². The summed E-state index contributed by atoms with van der Waals surface area (Å²) in [5.74, 6) is 1.67. The molecule has 2 aromatic rings. The number of rotatable bonds is 5. The van der Waals surface area contributed by atoms with Crippen LogP contribution in [0, 0.1) is 0 Å². The highest BCUT2D eigenvalue weighted by Gasteiger charge is 2.14. The van der Waals surface area contributed by atoms with Crippen molar-refractivity contribution in [2.75, 3.05) is 12.4 Å². The Labute approximate surface area is 137 Å². The molecule has 0 aliphatic carbocycles. The van der Waals surface area contributed by atoms with Crippen LogP contribution in [0.15, 0.2) is 47.2 Å². The SMILES string of the molecule is CNc1cnc(N=CC=C(C)N)c(-c2ccccc2C(C)C)n1. The predicted molar refractivity (Wildman–Crippen MR) is 97.2 cm³/mol. The van der Waals surface area contributed by atoms with Crippen molar-refractivity contribution in [2.45, 2.75) is 26.7 Å². The van der Waals surface area contributed by atoms with Gasteiger partial charge in [-0.3, -0.25) is 0 Å². The smallest absolute Gasteiger partial charge is 0.178 e. The van der Waals surface area contributed by atoms with E-state index in [1.807, 2.05) is 26.1 Å². The highest BCUT2D eigenvalue weighted by atomic mass is 15.0. The normalized spacial score (nSPS) is 12.1. The number of allylic oxidation sites excluding steroid dienone is 2. The summed E-state index contributed by atoms with van der Waals surface area (Å²) in [5, 5.41) is 3.03. The molecule has 0 spiro atoms. The first-order chi connectivity index (χ1) is 11.0. The van der Waals surface area contributed by atoms with Gasteiger partial charge in [0, 0.05) is 24.5 Å². The molecule has 120 valence electrons. The number of nitrogens with zero attached hydrogens (tertiary/aromatic N) is 3. The van der Waals surface area contributed by atoms with Crippen molar-refractivity contribution in [2.24, 2.45) is 10.7 Å². The van der Waals surface area contributed by atoms with Crippen molar-refractivity contribution in [3.63, 3.8) is 0 Å². The molecule has 1 aromatic carbocycles. The van der Waals surface area contributed by atoms with Crippen LogP contribution < -0.4 is 11.1 Å². The molecule has 0 bridgehead atoms. The highest BCUT2D eigenvalue weighted by molar-refractivity contribution is 5.80. The Morgan fingerprint density at radius 1 is 1.30 bits per heavy atom. The third-order valence-corrected chi connectivity index (χ3v) is 3.38. The fourth-order valence-electron chi connectivity index (χ4n) is 2.22. The maximum atomic E-state index is 5.64. The van der Waals surface area contributed by atoms with Crippen LogP contribution in [0.1, 0.15) is 32.3 Å². The lowest BCUT2D eigenvalue weighted by molar-refractivity contribution is 0.867. The summed E-state index contributed by atoms with van der Waals surface area (Å²) in [4.78, 5) is 13.5. The molecular formula is C18H23N5. The lowest BCUT2D eigenvalue weighted by Crippen LogP contribution is -1.99. The molecule has 0 fully saturated rings. The first kappa shape index (κ1) is 16.7. The van der Waals surface area contributed by atoms with Gasteiger partial charge in [-0.05, 0) is 24.5 Å². The van der Waals surface area contributed by atoms with Crippen molar-refractivity contribution < 1.29 is 0 Å². The average molecular weight is 309 g/mol. The molecule has 0 unspecified atom stereocenters. The minimum absolute atomic E-state index is 0.384. The first-order valence-electron chi connectivity index (χ1n) is 7.63. The van der Waals surface area contributed by atoms with Gasteiger partial charge in [-0.25, -0.2) is 15.0 Å². The molecule has 0 aliphatic heterocycles. The molecule has 1 heterocycles. The molecule has 1 aromatic heterocycles. The van der Waals surface area contributed by atoms with E-state index in [0.29, 0.717) is 23.3 Å². The van der Waals surface area contributed by atoms with Gasteiger partial charge in [-0.1, -0.05) is 38.1 Å². The Balaban J connectivity index is 2.60. The molecular weight excluding hydrogens is 286 g/mol. The van der Waals surface area contributed by atoms with E-state index in [1.54, 1.807) is 18.5 Å². The molecule has 0 amide bonds. The molecule has 2 rings (SSSR count). The van der Waals surface area contributed by atoms with Crippen LogP contribution in [-0.4, -0.2) is 23.2 Å². The zero-order chi connectivity index (χ0) is 16.8. The maximum absolute atomic E-state index is 5.64. The second kappa shape index (κ2) is 7.54. The van der Waals surface area contributed by atoms with Crippen molar-refractivity contribution >= 4 is 17.9 Å². The summed E-state index contributed by atoms with van der Waals surface area (Å²) in [6.07, 6.45) is 5.07. The van der Waals surface area contributed by atoms with Gasteiger partial charge < -0.3 is 11.1 Å². The summed E-state index contributed by atoms with van der Waals surface area (Å²) >= 11 is 0. The third kappa shape index (κ3) is 4.16. The van der Waals surface area contributed by atoms with Gasteiger partial charge >= 0.3 is 0 Å². The standard InChI is InChI=1S/C18H23N5/c1-12(2)14-7-5-6-8-15(14)17-18(21-10-9-13(3)19)22-11-16(20-4)23-17/h5-12H,19H2,1-4H3,(H,20,23). The minimum atomic E-state index is 0.384. The molecule has 5 heteroatoms. The van der Waals surface area contributed by atoms with E-state index in [0.717, 1.165) is 11.3 Å². The van der Waals surface area contributed by atoms with Crippen LogP contribution >= 0.6 is 0 Å². The van der Waals surface area contributed by atoms with Gasteiger partial charge in [-0.15, -0.1) is 0 Å². The molecule has 0 saturated carbocycles. The molecule has 5 nitrogen and oxygen atoms in total. The van der Waals surface area contributed by atoms with Crippen LogP contribution in [0.5, 0.6) is 0 Å². The summed E-state index contributed by atoms with van der Waals surface area (Å²) in [7, 11) is 1.83. The number of hydrogen-bond donors (Lipinski definition) is 2. The summed E-state index contributed by atoms with van der Waals surface area (Å²) in [6.45, 7) is 6.14.